The molecule has 1 aromatic rings. The van der Waals surface area contributed by atoms with Crippen LogP contribution in [0.5, 0.6) is 0 Å². The zero-order chi connectivity index (χ0) is 10.5. The number of nitrogens with two attached hydrogens (primary N) is 1. The standard InChI is InChI=1S/C13H17NO/c14-9-1-3-11-5-7-12(8-6-11)13-4-2-10-15-13/h1,3,5-8,13H,2,4,9-10,14H2/b3-1+. The molecule has 1 aliphatic rings. The molecule has 0 spiro atoms. The molecular weight excluding hydrogens is 186 g/mol. The summed E-state index contributed by atoms with van der Waals surface area (Å²) in [6, 6.07) is 8.52. The summed E-state index contributed by atoms with van der Waals surface area (Å²) in [4.78, 5) is 0. The Bertz CT molecular complexity index is 323. The van der Waals surface area contributed by atoms with Gasteiger partial charge in [0.2, 0.25) is 0 Å². The molecule has 0 aliphatic carbocycles. The van der Waals surface area contributed by atoms with E-state index in [0.717, 1.165) is 13.0 Å². The number of rotatable bonds is 3. The molecular formula is C13H17NO. The van der Waals surface area contributed by atoms with Crippen LogP contribution in [-0.2, 0) is 4.74 Å². The number of ether oxygens (including phenoxy) is 1. The van der Waals surface area contributed by atoms with E-state index in [9.17, 15) is 0 Å². The summed E-state index contributed by atoms with van der Waals surface area (Å²) in [5, 5.41) is 0. The highest BCUT2D eigenvalue weighted by Gasteiger charge is 2.16. The van der Waals surface area contributed by atoms with Gasteiger partial charge in [-0.25, -0.2) is 0 Å². The molecule has 1 fully saturated rings. The molecule has 2 heteroatoms. The predicted molar refractivity (Wildman–Crippen MR) is 62.5 cm³/mol. The van der Waals surface area contributed by atoms with Gasteiger partial charge in [0.15, 0.2) is 0 Å². The average molecular weight is 203 g/mol. The molecule has 0 saturated carbocycles. The van der Waals surface area contributed by atoms with E-state index < -0.39 is 0 Å². The number of benzene rings is 1. The fraction of sp³-hybridized carbons (Fsp3) is 0.385. The van der Waals surface area contributed by atoms with Crippen LogP contribution < -0.4 is 5.73 Å². The van der Waals surface area contributed by atoms with Crippen molar-refractivity contribution in [2.24, 2.45) is 5.73 Å². The van der Waals surface area contributed by atoms with Crippen molar-refractivity contribution in [2.45, 2.75) is 18.9 Å². The second kappa shape index (κ2) is 5.10. The summed E-state index contributed by atoms with van der Waals surface area (Å²) in [5.41, 5.74) is 7.88. The van der Waals surface area contributed by atoms with Crippen molar-refractivity contribution < 1.29 is 4.74 Å². The number of hydrogen-bond donors (Lipinski definition) is 1. The SMILES string of the molecule is NC/C=C/c1ccc(C2CCCO2)cc1. The van der Waals surface area contributed by atoms with Crippen LogP contribution >= 0.6 is 0 Å². The molecule has 2 rings (SSSR count). The Morgan fingerprint density at radius 1 is 1.33 bits per heavy atom. The molecule has 1 saturated heterocycles. The molecule has 1 aliphatic heterocycles. The quantitative estimate of drug-likeness (QED) is 0.819. The zero-order valence-electron chi connectivity index (χ0n) is 8.86. The van der Waals surface area contributed by atoms with Crippen molar-refractivity contribution in [3.63, 3.8) is 0 Å². The van der Waals surface area contributed by atoms with Gasteiger partial charge in [-0.15, -0.1) is 0 Å². The summed E-state index contributed by atoms with van der Waals surface area (Å²) < 4.78 is 5.62. The fourth-order valence-electron chi connectivity index (χ4n) is 1.87. The van der Waals surface area contributed by atoms with Gasteiger partial charge < -0.3 is 10.5 Å². The minimum Gasteiger partial charge on any atom is -0.374 e. The van der Waals surface area contributed by atoms with Crippen LogP contribution in [0.2, 0.25) is 0 Å². The van der Waals surface area contributed by atoms with E-state index in [1.165, 1.54) is 17.5 Å². The molecule has 0 amide bonds. The smallest absolute Gasteiger partial charge is 0.0825 e. The number of hydrogen-bond acceptors (Lipinski definition) is 2. The van der Waals surface area contributed by atoms with Crippen molar-refractivity contribution >= 4 is 6.08 Å². The Kier molecular flexibility index (Phi) is 3.54. The monoisotopic (exact) mass is 203 g/mol. The topological polar surface area (TPSA) is 35.2 Å². The van der Waals surface area contributed by atoms with E-state index in [1.54, 1.807) is 0 Å². The third kappa shape index (κ3) is 2.67. The molecule has 0 radical (unpaired) electrons. The normalized spacial score (nSPS) is 21.3. The molecule has 1 heterocycles. The molecule has 2 N–H and O–H groups in total. The average Bonchev–Trinajstić information content (AvgIpc) is 2.80. The van der Waals surface area contributed by atoms with Crippen LogP contribution in [0.15, 0.2) is 30.3 Å². The first-order valence-corrected chi connectivity index (χ1v) is 5.48. The molecule has 2 nitrogen and oxygen atoms in total. The van der Waals surface area contributed by atoms with E-state index in [2.05, 4.69) is 24.3 Å². The maximum Gasteiger partial charge on any atom is 0.0825 e. The lowest BCUT2D eigenvalue weighted by atomic mass is 10.0. The van der Waals surface area contributed by atoms with Gasteiger partial charge >= 0.3 is 0 Å². The van der Waals surface area contributed by atoms with Crippen molar-refractivity contribution in [1.82, 2.24) is 0 Å². The molecule has 1 unspecified atom stereocenters. The fourth-order valence-corrected chi connectivity index (χ4v) is 1.87. The largest absolute Gasteiger partial charge is 0.374 e. The van der Waals surface area contributed by atoms with Crippen LogP contribution in [0.3, 0.4) is 0 Å². The summed E-state index contributed by atoms with van der Waals surface area (Å²) in [5.74, 6) is 0. The van der Waals surface area contributed by atoms with E-state index in [4.69, 9.17) is 10.5 Å². The molecule has 0 bridgehead atoms. The predicted octanol–water partition coefficient (Wildman–Crippen LogP) is 2.51. The Morgan fingerprint density at radius 3 is 2.73 bits per heavy atom. The Balaban J connectivity index is 2.06. The summed E-state index contributed by atoms with van der Waals surface area (Å²) >= 11 is 0. The minimum atomic E-state index is 0.317. The summed E-state index contributed by atoms with van der Waals surface area (Å²) in [7, 11) is 0. The second-order valence-electron chi connectivity index (χ2n) is 3.81. The van der Waals surface area contributed by atoms with Gasteiger partial charge in [-0.05, 0) is 24.0 Å². The highest BCUT2D eigenvalue weighted by molar-refractivity contribution is 5.49. The zero-order valence-corrected chi connectivity index (χ0v) is 8.86. The molecule has 1 atom stereocenters. The van der Waals surface area contributed by atoms with Crippen LogP contribution in [0.1, 0.15) is 30.1 Å². The van der Waals surface area contributed by atoms with Gasteiger partial charge in [-0.2, -0.15) is 0 Å². The maximum atomic E-state index is 5.62. The van der Waals surface area contributed by atoms with E-state index in [-0.39, 0.29) is 0 Å². The third-order valence-electron chi connectivity index (χ3n) is 2.68. The van der Waals surface area contributed by atoms with Gasteiger partial charge in [0.25, 0.3) is 0 Å². The first-order valence-electron chi connectivity index (χ1n) is 5.48. The molecule has 15 heavy (non-hydrogen) atoms. The first kappa shape index (κ1) is 10.4. The van der Waals surface area contributed by atoms with Gasteiger partial charge in [-0.1, -0.05) is 36.4 Å². The van der Waals surface area contributed by atoms with Crippen molar-refractivity contribution in [3.05, 3.63) is 41.5 Å². The van der Waals surface area contributed by atoms with Crippen LogP contribution in [0, 0.1) is 0 Å². The van der Waals surface area contributed by atoms with E-state index in [1.807, 2.05) is 12.2 Å². The van der Waals surface area contributed by atoms with Crippen LogP contribution in [-0.4, -0.2) is 13.2 Å². The van der Waals surface area contributed by atoms with Crippen molar-refractivity contribution in [2.75, 3.05) is 13.2 Å². The highest BCUT2D eigenvalue weighted by atomic mass is 16.5. The van der Waals surface area contributed by atoms with E-state index in [0.29, 0.717) is 12.6 Å². The van der Waals surface area contributed by atoms with Gasteiger partial charge in [0.1, 0.15) is 0 Å². The Morgan fingerprint density at radius 2 is 2.13 bits per heavy atom. The molecule has 80 valence electrons. The highest BCUT2D eigenvalue weighted by Crippen LogP contribution is 2.28. The Labute approximate surface area is 90.7 Å². The third-order valence-corrected chi connectivity index (χ3v) is 2.68. The minimum absolute atomic E-state index is 0.317. The first-order chi connectivity index (χ1) is 7.40. The van der Waals surface area contributed by atoms with E-state index >= 15 is 0 Å². The second-order valence-corrected chi connectivity index (χ2v) is 3.81. The summed E-state index contributed by atoms with van der Waals surface area (Å²) in [6.07, 6.45) is 6.65. The lowest BCUT2D eigenvalue weighted by Crippen LogP contribution is -1.95. The Hall–Kier alpha value is -1.12. The lowest BCUT2D eigenvalue weighted by molar-refractivity contribution is 0.112. The van der Waals surface area contributed by atoms with Gasteiger partial charge in [0, 0.05) is 13.2 Å². The summed E-state index contributed by atoms with van der Waals surface area (Å²) in [6.45, 7) is 1.49. The molecule has 1 aromatic carbocycles. The van der Waals surface area contributed by atoms with Crippen molar-refractivity contribution in [3.8, 4) is 0 Å². The van der Waals surface area contributed by atoms with Crippen LogP contribution in [0.25, 0.3) is 6.08 Å². The van der Waals surface area contributed by atoms with Gasteiger partial charge in [0.05, 0.1) is 6.10 Å². The lowest BCUT2D eigenvalue weighted by Gasteiger charge is -2.09. The molecule has 0 aromatic heterocycles. The van der Waals surface area contributed by atoms with Gasteiger partial charge in [-0.3, -0.25) is 0 Å². The maximum absolute atomic E-state index is 5.62. The van der Waals surface area contributed by atoms with Crippen molar-refractivity contribution in [1.29, 1.82) is 0 Å². The van der Waals surface area contributed by atoms with Crippen LogP contribution in [0.4, 0.5) is 0 Å².